The number of para-hydroxylation sites is 2. The Morgan fingerprint density at radius 2 is 2.00 bits per heavy atom. The highest BCUT2D eigenvalue weighted by Crippen LogP contribution is 2.24. The molecule has 124 valence electrons. The summed E-state index contributed by atoms with van der Waals surface area (Å²) in [5.74, 6) is -0.307. The standard InChI is InChI=1S/C16H21N3O4/c1-4-16(3)14(21)19(15(22)18-16)10-13(20)17-11-8-6-7-9-12(11)23-5-2/h6-9H,4-5,10H2,1-3H3,(H,17,20)(H,18,22)/t16-/m1/s1. The lowest BCUT2D eigenvalue weighted by atomic mass is 9.99. The summed E-state index contributed by atoms with van der Waals surface area (Å²) in [7, 11) is 0. The molecule has 1 aromatic carbocycles. The number of hydrogen-bond acceptors (Lipinski definition) is 4. The zero-order valence-corrected chi connectivity index (χ0v) is 13.5. The molecule has 1 fully saturated rings. The van der Waals surface area contributed by atoms with Gasteiger partial charge in [0.2, 0.25) is 5.91 Å². The first-order valence-corrected chi connectivity index (χ1v) is 7.57. The second kappa shape index (κ2) is 6.68. The zero-order chi connectivity index (χ0) is 17.0. The van der Waals surface area contributed by atoms with Gasteiger partial charge in [0, 0.05) is 0 Å². The van der Waals surface area contributed by atoms with Gasteiger partial charge in [-0.15, -0.1) is 0 Å². The number of carbonyl (C=O) groups excluding carboxylic acids is 3. The fourth-order valence-corrected chi connectivity index (χ4v) is 2.31. The van der Waals surface area contributed by atoms with Crippen molar-refractivity contribution in [1.29, 1.82) is 0 Å². The normalized spacial score (nSPS) is 20.4. The van der Waals surface area contributed by atoms with Gasteiger partial charge in [0.25, 0.3) is 5.91 Å². The molecule has 0 unspecified atom stereocenters. The minimum atomic E-state index is -0.944. The SMILES string of the molecule is CCOc1ccccc1NC(=O)CN1C(=O)N[C@](C)(CC)C1=O. The van der Waals surface area contributed by atoms with Gasteiger partial charge in [-0.25, -0.2) is 4.79 Å². The lowest BCUT2D eigenvalue weighted by Gasteiger charge is -2.19. The topological polar surface area (TPSA) is 87.7 Å². The second-order valence-electron chi connectivity index (χ2n) is 5.48. The molecule has 4 amide bonds. The van der Waals surface area contributed by atoms with Gasteiger partial charge in [-0.05, 0) is 32.4 Å². The third kappa shape index (κ3) is 3.44. The Hall–Kier alpha value is -2.57. The van der Waals surface area contributed by atoms with Crippen molar-refractivity contribution < 1.29 is 19.1 Å². The Labute approximate surface area is 135 Å². The van der Waals surface area contributed by atoms with Crippen molar-refractivity contribution in [2.24, 2.45) is 0 Å². The van der Waals surface area contributed by atoms with Crippen LogP contribution in [0.25, 0.3) is 0 Å². The quantitative estimate of drug-likeness (QED) is 0.782. The molecule has 1 saturated heterocycles. The minimum absolute atomic E-state index is 0.333. The summed E-state index contributed by atoms with van der Waals surface area (Å²) in [5, 5.41) is 5.28. The van der Waals surface area contributed by atoms with Crippen LogP contribution in [0, 0.1) is 0 Å². The van der Waals surface area contributed by atoms with E-state index in [1.807, 2.05) is 6.92 Å². The highest BCUT2D eigenvalue weighted by atomic mass is 16.5. The lowest BCUT2D eigenvalue weighted by molar-refractivity contribution is -0.133. The van der Waals surface area contributed by atoms with E-state index in [0.29, 0.717) is 24.5 Å². The van der Waals surface area contributed by atoms with Gasteiger partial charge in [-0.3, -0.25) is 14.5 Å². The van der Waals surface area contributed by atoms with Crippen LogP contribution in [0.2, 0.25) is 0 Å². The van der Waals surface area contributed by atoms with Crippen LogP contribution >= 0.6 is 0 Å². The molecule has 0 spiro atoms. The van der Waals surface area contributed by atoms with Crippen molar-refractivity contribution in [2.45, 2.75) is 32.7 Å². The molecule has 1 aliphatic rings. The first-order valence-electron chi connectivity index (χ1n) is 7.57. The van der Waals surface area contributed by atoms with Crippen LogP contribution < -0.4 is 15.4 Å². The summed E-state index contributed by atoms with van der Waals surface area (Å²) < 4.78 is 5.43. The number of hydrogen-bond donors (Lipinski definition) is 2. The number of anilines is 1. The number of nitrogens with one attached hydrogen (secondary N) is 2. The first-order chi connectivity index (χ1) is 10.9. The van der Waals surface area contributed by atoms with E-state index in [1.165, 1.54) is 0 Å². The Kier molecular flexibility index (Phi) is 4.88. The van der Waals surface area contributed by atoms with Gasteiger partial charge in [0.15, 0.2) is 0 Å². The van der Waals surface area contributed by atoms with Crippen LogP contribution in [0.3, 0.4) is 0 Å². The molecule has 23 heavy (non-hydrogen) atoms. The summed E-state index contributed by atoms with van der Waals surface area (Å²) in [5.41, 5.74) is -0.440. The fraction of sp³-hybridized carbons (Fsp3) is 0.438. The third-order valence-electron chi connectivity index (χ3n) is 3.81. The van der Waals surface area contributed by atoms with E-state index < -0.39 is 23.4 Å². The highest BCUT2D eigenvalue weighted by Gasteiger charge is 2.46. The summed E-state index contributed by atoms with van der Waals surface area (Å²) in [6, 6.07) is 6.45. The van der Waals surface area contributed by atoms with E-state index in [2.05, 4.69) is 10.6 Å². The molecule has 0 radical (unpaired) electrons. The van der Waals surface area contributed by atoms with Crippen molar-refractivity contribution in [2.75, 3.05) is 18.5 Å². The van der Waals surface area contributed by atoms with Crippen molar-refractivity contribution in [3.63, 3.8) is 0 Å². The molecule has 1 aliphatic heterocycles. The van der Waals surface area contributed by atoms with Gasteiger partial charge < -0.3 is 15.4 Å². The van der Waals surface area contributed by atoms with Crippen molar-refractivity contribution in [3.05, 3.63) is 24.3 Å². The number of rotatable bonds is 6. The van der Waals surface area contributed by atoms with Crippen LogP contribution in [0.15, 0.2) is 24.3 Å². The van der Waals surface area contributed by atoms with Crippen molar-refractivity contribution in [1.82, 2.24) is 10.2 Å². The zero-order valence-electron chi connectivity index (χ0n) is 13.5. The van der Waals surface area contributed by atoms with E-state index in [-0.39, 0.29) is 6.54 Å². The number of ether oxygens (including phenoxy) is 1. The summed E-state index contributed by atoms with van der Waals surface area (Å²) in [4.78, 5) is 37.3. The van der Waals surface area contributed by atoms with Gasteiger partial charge in [-0.1, -0.05) is 19.1 Å². The summed E-state index contributed by atoms with van der Waals surface area (Å²) in [6.45, 7) is 5.43. The van der Waals surface area contributed by atoms with Gasteiger partial charge in [-0.2, -0.15) is 0 Å². The number of carbonyl (C=O) groups is 3. The maximum Gasteiger partial charge on any atom is 0.325 e. The monoisotopic (exact) mass is 319 g/mol. The Morgan fingerprint density at radius 1 is 1.30 bits per heavy atom. The Balaban J connectivity index is 2.06. The van der Waals surface area contributed by atoms with Gasteiger partial charge in [0.05, 0.1) is 12.3 Å². The molecule has 7 nitrogen and oxygen atoms in total. The van der Waals surface area contributed by atoms with E-state index in [9.17, 15) is 14.4 Å². The Morgan fingerprint density at radius 3 is 2.61 bits per heavy atom. The third-order valence-corrected chi connectivity index (χ3v) is 3.81. The minimum Gasteiger partial charge on any atom is -0.492 e. The summed E-state index contributed by atoms with van der Waals surface area (Å²) in [6.07, 6.45) is 0.461. The molecule has 0 bridgehead atoms. The molecular formula is C16H21N3O4. The number of benzene rings is 1. The number of imide groups is 1. The van der Waals surface area contributed by atoms with E-state index in [4.69, 9.17) is 4.74 Å². The van der Waals surface area contributed by atoms with E-state index in [0.717, 1.165) is 4.90 Å². The molecule has 0 aliphatic carbocycles. The molecule has 1 atom stereocenters. The highest BCUT2D eigenvalue weighted by molar-refractivity contribution is 6.10. The molecule has 1 heterocycles. The molecule has 2 rings (SSSR count). The predicted octanol–water partition coefficient (Wildman–Crippen LogP) is 1.74. The van der Waals surface area contributed by atoms with Crippen LogP contribution in [-0.2, 0) is 9.59 Å². The largest absolute Gasteiger partial charge is 0.492 e. The van der Waals surface area contributed by atoms with Crippen molar-refractivity contribution in [3.8, 4) is 5.75 Å². The van der Waals surface area contributed by atoms with E-state index >= 15 is 0 Å². The summed E-state index contributed by atoms with van der Waals surface area (Å²) >= 11 is 0. The second-order valence-corrected chi connectivity index (χ2v) is 5.48. The number of amides is 4. The maximum absolute atomic E-state index is 12.3. The molecule has 1 aromatic rings. The van der Waals surface area contributed by atoms with Crippen LogP contribution in [-0.4, -0.2) is 41.4 Å². The predicted molar refractivity (Wildman–Crippen MR) is 85.2 cm³/mol. The Bertz CT molecular complexity index is 632. The lowest BCUT2D eigenvalue weighted by Crippen LogP contribution is -2.44. The fourth-order valence-electron chi connectivity index (χ4n) is 2.31. The maximum atomic E-state index is 12.3. The van der Waals surface area contributed by atoms with Gasteiger partial charge >= 0.3 is 6.03 Å². The van der Waals surface area contributed by atoms with Gasteiger partial charge in [0.1, 0.15) is 17.8 Å². The smallest absolute Gasteiger partial charge is 0.325 e. The molecule has 7 heteroatoms. The number of urea groups is 1. The van der Waals surface area contributed by atoms with Crippen LogP contribution in [0.1, 0.15) is 27.2 Å². The van der Waals surface area contributed by atoms with E-state index in [1.54, 1.807) is 38.1 Å². The average molecular weight is 319 g/mol. The average Bonchev–Trinajstić information content (AvgIpc) is 2.73. The van der Waals surface area contributed by atoms with Crippen molar-refractivity contribution >= 4 is 23.5 Å². The van der Waals surface area contributed by atoms with Crippen LogP contribution in [0.4, 0.5) is 10.5 Å². The molecular weight excluding hydrogens is 298 g/mol. The number of nitrogens with zero attached hydrogens (tertiary/aromatic N) is 1. The first kappa shape index (κ1) is 16.8. The van der Waals surface area contributed by atoms with Crippen LogP contribution in [0.5, 0.6) is 5.75 Å². The molecule has 0 aromatic heterocycles. The molecule has 0 saturated carbocycles. The molecule has 2 N–H and O–H groups in total.